The molecule has 0 aliphatic rings. The second kappa shape index (κ2) is 46.3. The fourth-order valence-corrected chi connectivity index (χ4v) is 8.27. The SMILES string of the molecule is CCC[C@@H](CCCCNC(=O)CC[C@H](NC(=O)CCC(CC(=O)COCCOCCNC(=O)COCCOCCCC(=O)CC[C@H](NC(=O)CCCCCCCCCOc1ccc(C(=O)O)cc1)C(=O)O)C(=O)O)C(=O)O)C(=O)CC. The van der Waals surface area contributed by atoms with E-state index in [0.29, 0.717) is 44.6 Å². The number of carbonyl (C=O) groups excluding carboxylic acids is 7. The van der Waals surface area contributed by atoms with E-state index in [1.807, 2.05) is 13.8 Å². The number of aliphatic carboxylic acids is 3. The number of carboxylic acid groups (broad SMARTS) is 4. The first-order chi connectivity index (χ1) is 38.9. The van der Waals surface area contributed by atoms with Crippen LogP contribution in [0.4, 0.5) is 0 Å². The van der Waals surface area contributed by atoms with Crippen molar-refractivity contribution in [1.82, 2.24) is 21.3 Å². The van der Waals surface area contributed by atoms with Gasteiger partial charge in [0.25, 0.3) is 0 Å². The summed E-state index contributed by atoms with van der Waals surface area (Å²) in [6.45, 7) is 5.02. The number of carboxylic acids is 4. The third kappa shape index (κ3) is 38.8. The molecule has 458 valence electrons. The number of carbonyl (C=O) groups is 11. The Balaban J connectivity index is 2.07. The van der Waals surface area contributed by atoms with Crippen LogP contribution in [0.3, 0.4) is 0 Å². The Kier molecular flexibility index (Phi) is 41.5. The molecule has 81 heavy (non-hydrogen) atoms. The quantitative estimate of drug-likeness (QED) is 0.0387. The van der Waals surface area contributed by atoms with Crippen LogP contribution in [-0.4, -0.2) is 170 Å². The van der Waals surface area contributed by atoms with Gasteiger partial charge >= 0.3 is 23.9 Å². The van der Waals surface area contributed by atoms with Crippen LogP contribution in [0, 0.1) is 11.8 Å². The standard InChI is InChI=1S/C57H90N4O20/c1-3-15-41(49(64)4-2)16-11-12-29-58-50(65)28-26-48(57(75)76)61-52(67)27-21-43(55(71)72)38-45(63)39-79-36-35-78-33-30-59-53(68)40-80-37-34-77-31-14-17-44(62)22-25-47(56(73)74)60-51(66)18-10-8-6-5-7-9-13-32-81-46-23-19-42(20-24-46)54(69)70/h19-20,23-24,41,43,47-48H,3-18,21-22,25-40H2,1-2H3,(H,58,65)(H,59,68)(H,60,66)(H,61,67)(H,69,70)(H,71,72)(H,73,74)(H,75,76)/t41-,43?,47-,48-/m0/s1. The van der Waals surface area contributed by atoms with Gasteiger partial charge in [0.1, 0.15) is 42.6 Å². The zero-order chi connectivity index (χ0) is 60.0. The van der Waals surface area contributed by atoms with Gasteiger partial charge in [-0.15, -0.1) is 0 Å². The number of ether oxygens (including phenoxy) is 5. The van der Waals surface area contributed by atoms with E-state index in [1.54, 1.807) is 12.1 Å². The first-order valence-electron chi connectivity index (χ1n) is 28.5. The van der Waals surface area contributed by atoms with Crippen LogP contribution >= 0.6 is 0 Å². The molecule has 0 spiro atoms. The molecule has 0 saturated heterocycles. The number of aromatic carboxylic acids is 1. The number of rotatable bonds is 54. The fourth-order valence-electron chi connectivity index (χ4n) is 8.27. The van der Waals surface area contributed by atoms with Crippen LogP contribution in [-0.2, 0) is 66.9 Å². The molecule has 0 aromatic heterocycles. The Bertz CT molecular complexity index is 2050. The van der Waals surface area contributed by atoms with E-state index in [2.05, 4.69) is 21.3 Å². The Hall–Kier alpha value is -6.37. The normalized spacial score (nSPS) is 12.5. The number of benzene rings is 1. The Morgan fingerprint density at radius 3 is 1.63 bits per heavy atom. The average molecular weight is 1150 g/mol. The molecule has 4 atom stereocenters. The molecule has 0 heterocycles. The Labute approximate surface area is 475 Å². The molecule has 24 heteroatoms. The van der Waals surface area contributed by atoms with E-state index in [-0.39, 0.29) is 139 Å². The molecular formula is C57H90N4O20. The van der Waals surface area contributed by atoms with Crippen molar-refractivity contribution in [2.75, 3.05) is 72.6 Å². The summed E-state index contributed by atoms with van der Waals surface area (Å²) in [6.07, 6.45) is 9.98. The van der Waals surface area contributed by atoms with E-state index in [9.17, 15) is 68.1 Å². The van der Waals surface area contributed by atoms with Crippen molar-refractivity contribution in [3.8, 4) is 5.75 Å². The highest BCUT2D eigenvalue weighted by molar-refractivity contribution is 5.88. The minimum absolute atomic E-state index is 0.000472. The summed E-state index contributed by atoms with van der Waals surface area (Å²) < 4.78 is 27.0. The summed E-state index contributed by atoms with van der Waals surface area (Å²) in [6, 6.07) is 3.72. The van der Waals surface area contributed by atoms with Gasteiger partial charge in [-0.05, 0) is 82.1 Å². The highest BCUT2D eigenvalue weighted by Crippen LogP contribution is 2.18. The molecule has 8 N–H and O–H groups in total. The first-order valence-corrected chi connectivity index (χ1v) is 28.5. The van der Waals surface area contributed by atoms with Gasteiger partial charge in [0, 0.05) is 70.6 Å². The number of amides is 4. The van der Waals surface area contributed by atoms with Crippen molar-refractivity contribution in [2.45, 2.75) is 174 Å². The second-order valence-corrected chi connectivity index (χ2v) is 19.7. The predicted molar refractivity (Wildman–Crippen MR) is 295 cm³/mol. The fraction of sp³-hybridized carbons (Fsp3) is 0.702. The van der Waals surface area contributed by atoms with Gasteiger partial charge in [0.15, 0.2) is 5.78 Å². The molecule has 1 aromatic carbocycles. The minimum Gasteiger partial charge on any atom is -0.494 e. The van der Waals surface area contributed by atoms with Gasteiger partial charge in [-0.25, -0.2) is 14.4 Å². The van der Waals surface area contributed by atoms with Crippen molar-refractivity contribution < 1.29 is 96.9 Å². The Morgan fingerprint density at radius 1 is 0.444 bits per heavy atom. The monoisotopic (exact) mass is 1150 g/mol. The minimum atomic E-state index is -1.38. The maximum Gasteiger partial charge on any atom is 0.335 e. The number of ketones is 3. The highest BCUT2D eigenvalue weighted by Gasteiger charge is 2.26. The number of hydrogen-bond acceptors (Lipinski definition) is 16. The molecule has 0 aliphatic heterocycles. The molecular weight excluding hydrogens is 1060 g/mol. The summed E-state index contributed by atoms with van der Waals surface area (Å²) in [7, 11) is 0. The Morgan fingerprint density at radius 2 is 1.01 bits per heavy atom. The zero-order valence-corrected chi connectivity index (χ0v) is 47.5. The van der Waals surface area contributed by atoms with Gasteiger partial charge in [-0.2, -0.15) is 0 Å². The predicted octanol–water partition coefficient (Wildman–Crippen LogP) is 5.24. The largest absolute Gasteiger partial charge is 0.494 e. The molecule has 1 unspecified atom stereocenters. The van der Waals surface area contributed by atoms with E-state index >= 15 is 0 Å². The van der Waals surface area contributed by atoms with Crippen molar-refractivity contribution in [3.63, 3.8) is 0 Å². The van der Waals surface area contributed by atoms with Crippen molar-refractivity contribution in [1.29, 1.82) is 0 Å². The lowest BCUT2D eigenvalue weighted by Gasteiger charge is -2.16. The molecule has 0 fully saturated rings. The van der Waals surface area contributed by atoms with Crippen LogP contribution in [0.2, 0.25) is 0 Å². The summed E-state index contributed by atoms with van der Waals surface area (Å²) in [4.78, 5) is 132. The van der Waals surface area contributed by atoms with E-state index in [1.165, 1.54) is 12.1 Å². The van der Waals surface area contributed by atoms with Crippen LogP contribution < -0.4 is 26.0 Å². The second-order valence-electron chi connectivity index (χ2n) is 19.7. The van der Waals surface area contributed by atoms with Crippen LogP contribution in [0.5, 0.6) is 5.75 Å². The molecule has 0 saturated carbocycles. The number of Topliss-reactive ketones (excluding diaryl/α,β-unsaturated/α-hetero) is 3. The van der Waals surface area contributed by atoms with Gasteiger partial charge < -0.3 is 65.4 Å². The molecule has 0 aliphatic carbocycles. The number of hydrogen-bond donors (Lipinski definition) is 8. The van der Waals surface area contributed by atoms with Crippen molar-refractivity contribution >= 4 is 64.9 Å². The summed E-state index contributed by atoms with van der Waals surface area (Å²) in [5.74, 6) is -7.79. The number of nitrogens with one attached hydrogen (secondary N) is 4. The topological polar surface area (TPSA) is 363 Å². The summed E-state index contributed by atoms with van der Waals surface area (Å²) in [5.41, 5.74) is 0.204. The molecule has 24 nitrogen and oxygen atoms in total. The van der Waals surface area contributed by atoms with Crippen LogP contribution in [0.15, 0.2) is 24.3 Å². The van der Waals surface area contributed by atoms with E-state index < -0.39 is 72.5 Å². The third-order valence-electron chi connectivity index (χ3n) is 12.9. The maximum absolute atomic E-state index is 12.5. The van der Waals surface area contributed by atoms with E-state index in [4.69, 9.17) is 28.8 Å². The average Bonchev–Trinajstić information content (AvgIpc) is 3.43. The molecule has 1 aromatic rings. The first kappa shape index (κ1) is 72.6. The third-order valence-corrected chi connectivity index (χ3v) is 12.9. The van der Waals surface area contributed by atoms with Crippen LogP contribution in [0.1, 0.15) is 172 Å². The molecule has 1 rings (SSSR count). The molecule has 0 radical (unpaired) electrons. The lowest BCUT2D eigenvalue weighted by Crippen LogP contribution is -2.42. The highest BCUT2D eigenvalue weighted by atomic mass is 16.5. The van der Waals surface area contributed by atoms with Gasteiger partial charge in [-0.3, -0.25) is 38.4 Å². The number of unbranched alkanes of at least 4 members (excludes halogenated alkanes) is 7. The van der Waals surface area contributed by atoms with Gasteiger partial charge in [0.2, 0.25) is 23.6 Å². The summed E-state index contributed by atoms with van der Waals surface area (Å²) >= 11 is 0. The van der Waals surface area contributed by atoms with E-state index in [0.717, 1.165) is 64.2 Å². The smallest absolute Gasteiger partial charge is 0.335 e. The van der Waals surface area contributed by atoms with Gasteiger partial charge in [0.05, 0.1) is 51.1 Å². The maximum atomic E-state index is 12.5. The molecule has 4 amide bonds. The zero-order valence-electron chi connectivity index (χ0n) is 47.5. The van der Waals surface area contributed by atoms with Crippen LogP contribution in [0.25, 0.3) is 0 Å². The lowest BCUT2D eigenvalue weighted by atomic mass is 9.91. The lowest BCUT2D eigenvalue weighted by molar-refractivity contribution is -0.145. The van der Waals surface area contributed by atoms with Crippen molar-refractivity contribution in [3.05, 3.63) is 29.8 Å². The van der Waals surface area contributed by atoms with Crippen molar-refractivity contribution in [2.24, 2.45) is 11.8 Å². The summed E-state index contributed by atoms with van der Waals surface area (Å²) in [5, 5.41) is 47.9. The molecule has 0 bridgehead atoms. The van der Waals surface area contributed by atoms with Gasteiger partial charge in [-0.1, -0.05) is 58.8 Å².